The van der Waals surface area contributed by atoms with Gasteiger partial charge in [-0.2, -0.15) is 5.10 Å². The van der Waals surface area contributed by atoms with E-state index in [0.29, 0.717) is 30.4 Å². The second-order valence-electron chi connectivity index (χ2n) is 5.04. The van der Waals surface area contributed by atoms with Crippen molar-refractivity contribution in [3.8, 4) is 11.5 Å². The lowest BCUT2D eigenvalue weighted by atomic mass is 10.2. The molecule has 0 aliphatic carbocycles. The lowest BCUT2D eigenvalue weighted by Gasteiger charge is -2.13. The van der Waals surface area contributed by atoms with E-state index < -0.39 is 4.92 Å². The monoisotopic (exact) mass is 419 g/mol. The largest absolute Gasteiger partial charge is 0.490 e. The van der Waals surface area contributed by atoms with Crippen molar-refractivity contribution < 1.29 is 14.4 Å². The summed E-state index contributed by atoms with van der Waals surface area (Å²) in [6.07, 6.45) is 3.28. The Balaban J connectivity index is 2.13. The van der Waals surface area contributed by atoms with Gasteiger partial charge >= 0.3 is 0 Å². The van der Waals surface area contributed by atoms with Crippen molar-refractivity contribution in [1.29, 1.82) is 0 Å². The molecule has 0 fully saturated rings. The van der Waals surface area contributed by atoms with Gasteiger partial charge in [0.05, 0.1) is 27.9 Å². The fraction of sp³-hybridized carbons (Fsp3) is 0.167. The maximum atomic E-state index is 10.6. The van der Waals surface area contributed by atoms with Gasteiger partial charge < -0.3 is 9.47 Å². The van der Waals surface area contributed by atoms with E-state index in [4.69, 9.17) is 9.47 Å². The van der Waals surface area contributed by atoms with Gasteiger partial charge in [0.25, 0.3) is 5.69 Å². The number of hydrogen-bond donors (Lipinski definition) is 1. The number of rotatable bonds is 9. The summed E-state index contributed by atoms with van der Waals surface area (Å²) in [5.41, 5.74) is 4.29. The van der Waals surface area contributed by atoms with Crippen molar-refractivity contribution in [3.05, 3.63) is 69.2 Å². The van der Waals surface area contributed by atoms with Crippen molar-refractivity contribution in [3.63, 3.8) is 0 Å². The van der Waals surface area contributed by atoms with Crippen LogP contribution in [0.25, 0.3) is 0 Å². The van der Waals surface area contributed by atoms with Crippen molar-refractivity contribution in [2.45, 2.75) is 6.92 Å². The number of hydrogen-bond acceptors (Lipinski definition) is 6. The Morgan fingerprint density at radius 3 is 2.65 bits per heavy atom. The molecular formula is C18H18BrN3O4. The van der Waals surface area contributed by atoms with Crippen LogP contribution in [0.15, 0.2) is 58.6 Å². The van der Waals surface area contributed by atoms with Gasteiger partial charge in [0.15, 0.2) is 11.5 Å². The smallest absolute Gasteiger partial charge is 0.269 e. The van der Waals surface area contributed by atoms with Crippen molar-refractivity contribution in [1.82, 2.24) is 0 Å². The fourth-order valence-corrected chi connectivity index (χ4v) is 2.62. The molecule has 0 spiro atoms. The van der Waals surface area contributed by atoms with Gasteiger partial charge in [-0.3, -0.25) is 15.5 Å². The Labute approximate surface area is 159 Å². The fourth-order valence-electron chi connectivity index (χ4n) is 2.05. The van der Waals surface area contributed by atoms with Gasteiger partial charge in [0.2, 0.25) is 0 Å². The van der Waals surface area contributed by atoms with Crippen LogP contribution in [0.1, 0.15) is 12.5 Å². The van der Waals surface area contributed by atoms with Crippen LogP contribution in [0.2, 0.25) is 0 Å². The molecule has 0 saturated heterocycles. The van der Waals surface area contributed by atoms with Crippen molar-refractivity contribution in [2.24, 2.45) is 5.10 Å². The van der Waals surface area contributed by atoms with Crippen LogP contribution in [0, 0.1) is 10.1 Å². The number of nitrogens with one attached hydrogen (secondary N) is 1. The van der Waals surface area contributed by atoms with Crippen LogP contribution >= 0.6 is 15.9 Å². The minimum Gasteiger partial charge on any atom is -0.490 e. The first-order valence-corrected chi connectivity index (χ1v) is 8.58. The van der Waals surface area contributed by atoms with Crippen LogP contribution in [-0.4, -0.2) is 24.4 Å². The zero-order valence-corrected chi connectivity index (χ0v) is 15.7. The summed E-state index contributed by atoms with van der Waals surface area (Å²) in [5.74, 6) is 1.20. The first-order chi connectivity index (χ1) is 12.5. The summed E-state index contributed by atoms with van der Waals surface area (Å²) < 4.78 is 12.0. The Hall–Kier alpha value is -2.87. The average molecular weight is 420 g/mol. The third-order valence-electron chi connectivity index (χ3n) is 3.16. The van der Waals surface area contributed by atoms with Gasteiger partial charge in [0, 0.05) is 12.1 Å². The molecule has 0 unspecified atom stereocenters. The Morgan fingerprint density at radius 2 is 2.04 bits per heavy atom. The Kier molecular flexibility index (Phi) is 7.16. The zero-order chi connectivity index (χ0) is 18.9. The first-order valence-electron chi connectivity index (χ1n) is 7.78. The highest BCUT2D eigenvalue weighted by atomic mass is 79.9. The molecule has 0 bridgehead atoms. The highest BCUT2D eigenvalue weighted by Crippen LogP contribution is 2.36. The van der Waals surface area contributed by atoms with E-state index in [-0.39, 0.29) is 5.69 Å². The zero-order valence-electron chi connectivity index (χ0n) is 14.1. The highest BCUT2D eigenvalue weighted by Gasteiger charge is 2.11. The third kappa shape index (κ3) is 5.32. The van der Waals surface area contributed by atoms with Crippen LogP contribution in [0.5, 0.6) is 11.5 Å². The quantitative estimate of drug-likeness (QED) is 0.274. The van der Waals surface area contributed by atoms with E-state index in [1.54, 1.807) is 24.4 Å². The third-order valence-corrected chi connectivity index (χ3v) is 3.75. The number of benzene rings is 2. The maximum absolute atomic E-state index is 10.6. The molecule has 2 aromatic carbocycles. The SMILES string of the molecule is C=CCOc1c(Br)cc(/C=N/Nc2ccc([N+](=O)[O-])cc2)cc1OCC. The molecule has 0 radical (unpaired) electrons. The molecule has 0 aromatic heterocycles. The topological polar surface area (TPSA) is 86.0 Å². The number of ether oxygens (including phenoxy) is 2. The lowest BCUT2D eigenvalue weighted by molar-refractivity contribution is -0.384. The minimum absolute atomic E-state index is 0.0277. The second-order valence-corrected chi connectivity index (χ2v) is 5.89. The number of nitro benzene ring substituents is 1. The Morgan fingerprint density at radius 1 is 1.31 bits per heavy atom. The summed E-state index contributed by atoms with van der Waals surface area (Å²) >= 11 is 3.47. The molecule has 0 atom stereocenters. The summed E-state index contributed by atoms with van der Waals surface area (Å²) in [6.45, 7) is 6.39. The van der Waals surface area contributed by atoms with E-state index in [0.717, 1.165) is 10.0 Å². The highest BCUT2D eigenvalue weighted by molar-refractivity contribution is 9.10. The average Bonchev–Trinajstić information content (AvgIpc) is 2.62. The van der Waals surface area contributed by atoms with E-state index in [1.807, 2.05) is 19.1 Å². The summed E-state index contributed by atoms with van der Waals surface area (Å²) in [6, 6.07) is 9.66. The van der Waals surface area contributed by atoms with Crippen molar-refractivity contribution >= 4 is 33.5 Å². The van der Waals surface area contributed by atoms with Gasteiger partial charge in [-0.25, -0.2) is 0 Å². The van der Waals surface area contributed by atoms with Gasteiger partial charge in [0.1, 0.15) is 6.61 Å². The van der Waals surface area contributed by atoms with E-state index in [9.17, 15) is 10.1 Å². The molecule has 1 N–H and O–H groups in total. The number of halogens is 1. The first kappa shape index (κ1) is 19.5. The normalized spacial score (nSPS) is 10.5. The van der Waals surface area contributed by atoms with Gasteiger partial charge in [-0.15, -0.1) is 0 Å². The summed E-state index contributed by atoms with van der Waals surface area (Å²) in [5, 5.41) is 14.8. The predicted octanol–water partition coefficient (Wildman–Crippen LogP) is 4.77. The summed E-state index contributed by atoms with van der Waals surface area (Å²) in [4.78, 5) is 10.2. The summed E-state index contributed by atoms with van der Waals surface area (Å²) in [7, 11) is 0. The minimum atomic E-state index is -0.449. The van der Waals surface area contributed by atoms with E-state index in [1.165, 1.54) is 12.1 Å². The molecule has 0 aliphatic rings. The molecule has 26 heavy (non-hydrogen) atoms. The maximum Gasteiger partial charge on any atom is 0.269 e. The molecule has 0 amide bonds. The van der Waals surface area contributed by atoms with Crippen LogP contribution < -0.4 is 14.9 Å². The number of hydrazone groups is 1. The van der Waals surface area contributed by atoms with Crippen LogP contribution in [0.4, 0.5) is 11.4 Å². The second kappa shape index (κ2) is 9.57. The van der Waals surface area contributed by atoms with Crippen molar-refractivity contribution in [2.75, 3.05) is 18.6 Å². The molecule has 2 rings (SSSR count). The van der Waals surface area contributed by atoms with Gasteiger partial charge in [-0.05, 0) is 52.7 Å². The molecule has 0 heterocycles. The van der Waals surface area contributed by atoms with Gasteiger partial charge in [-0.1, -0.05) is 12.7 Å². The molecule has 7 nitrogen and oxygen atoms in total. The molecule has 0 aliphatic heterocycles. The van der Waals surface area contributed by atoms with E-state index >= 15 is 0 Å². The molecular weight excluding hydrogens is 402 g/mol. The number of nitro groups is 1. The molecule has 2 aromatic rings. The van der Waals surface area contributed by atoms with Crippen LogP contribution in [0.3, 0.4) is 0 Å². The van der Waals surface area contributed by atoms with Crippen LogP contribution in [-0.2, 0) is 0 Å². The predicted molar refractivity (Wildman–Crippen MR) is 105 cm³/mol. The number of nitrogens with zero attached hydrogens (tertiary/aromatic N) is 2. The number of anilines is 1. The molecule has 0 saturated carbocycles. The molecule has 8 heteroatoms. The Bertz CT molecular complexity index is 807. The van der Waals surface area contributed by atoms with E-state index in [2.05, 4.69) is 33.0 Å². The lowest BCUT2D eigenvalue weighted by Crippen LogP contribution is -2.01. The standard InChI is InChI=1S/C18H18BrN3O4/c1-3-9-26-18-16(19)10-13(11-17(18)25-4-2)12-20-21-14-5-7-15(8-6-14)22(23)24/h3,5-8,10-12,21H,1,4,9H2,2H3/b20-12+. The number of non-ortho nitro benzene ring substituents is 1. The molecule has 136 valence electrons.